The zero-order valence-corrected chi connectivity index (χ0v) is 38.5. The summed E-state index contributed by atoms with van der Waals surface area (Å²) in [7, 11) is 0. The molecular weight excluding hydrogens is 837 g/mol. The Hall–Kier alpha value is -1.39. The van der Waals surface area contributed by atoms with Gasteiger partial charge < -0.3 is 79.5 Å². The molecule has 17 nitrogen and oxygen atoms in total. The van der Waals surface area contributed by atoms with Crippen LogP contribution in [-0.4, -0.2) is 169 Å². The monoisotopic (exact) mass is 913 g/mol. The first-order valence-electron chi connectivity index (χ1n) is 23.7. The van der Waals surface area contributed by atoms with Gasteiger partial charge in [-0.2, -0.15) is 0 Å². The van der Waals surface area contributed by atoms with Gasteiger partial charge in [0.2, 0.25) is 0 Å². The molecule has 0 aromatic carbocycles. The van der Waals surface area contributed by atoms with Crippen LogP contribution in [0.4, 0.5) is 0 Å². The molecule has 7 fully saturated rings. The molecule has 366 valence electrons. The van der Waals surface area contributed by atoms with Gasteiger partial charge in [-0.25, -0.2) is 0 Å². The molecule has 0 aromatic heterocycles. The molecule has 17 heteroatoms. The number of rotatable bonds is 9. The number of hydrogen-bond acceptors (Lipinski definition) is 16. The number of ether oxygens (including phenoxy) is 6. The third kappa shape index (κ3) is 7.58. The molecule has 4 saturated carbocycles. The first-order chi connectivity index (χ1) is 29.9. The highest BCUT2D eigenvalue weighted by atomic mass is 16.8. The van der Waals surface area contributed by atoms with Crippen LogP contribution in [0.2, 0.25) is 0 Å². The van der Waals surface area contributed by atoms with E-state index in [1.54, 1.807) is 0 Å². The molecular formula is C47H76O17. The van der Waals surface area contributed by atoms with E-state index in [4.69, 9.17) is 28.4 Å². The second kappa shape index (κ2) is 17.2. The minimum atomic E-state index is -1.76. The number of carboxylic acids is 1. The third-order valence-corrected chi connectivity index (χ3v) is 19.0. The molecule has 0 spiro atoms. The van der Waals surface area contributed by atoms with Crippen molar-refractivity contribution < 1.29 is 84.3 Å². The average Bonchev–Trinajstić information content (AvgIpc) is 3.24. The van der Waals surface area contributed by atoms with E-state index < -0.39 is 122 Å². The Morgan fingerprint density at radius 1 is 0.734 bits per heavy atom. The van der Waals surface area contributed by atoms with E-state index in [2.05, 4.69) is 40.7 Å². The summed E-state index contributed by atoms with van der Waals surface area (Å²) in [5.41, 5.74) is -0.703. The Bertz CT molecular complexity index is 1750. The standard InChI is InChI=1S/C47H76O17/c1-22-30(51)33(54)37(64-38-34(55)31(52)25(49)20-59-38)40(61-22)63-36-32(53)26(19-48)62-39(35(36)56)60-21-44(5)27-10-13-46(7)28(43(27,4)12-11-29(44)50)9-8-23-24-18-42(2,3)14-16-47(24,41(57)58)17-15-45(23,46)6/h8,22,24-40,48-56H,9-21H2,1-7H3,(H,57,58)/t22-,24?,25-,26+,27?,28?,29?,30+,31-,32+,33+,34+,35+,36-,37+,38-,39+,40-,43?,44-,45+,46?,47?/m0/s1. The summed E-state index contributed by atoms with van der Waals surface area (Å²) in [6.07, 6.45) is -12.2. The molecule has 10 N–H and O–H groups in total. The highest BCUT2D eigenvalue weighted by Gasteiger charge is 2.70. The van der Waals surface area contributed by atoms with Crippen molar-refractivity contribution in [2.24, 2.45) is 50.2 Å². The van der Waals surface area contributed by atoms with Gasteiger partial charge in [-0.1, -0.05) is 53.2 Å². The maximum Gasteiger partial charge on any atom is 0.310 e. The van der Waals surface area contributed by atoms with Crippen molar-refractivity contribution in [3.8, 4) is 0 Å². The molecule has 0 radical (unpaired) electrons. The third-order valence-electron chi connectivity index (χ3n) is 19.0. The Morgan fingerprint density at radius 2 is 1.42 bits per heavy atom. The highest BCUT2D eigenvalue weighted by Crippen LogP contribution is 2.76. The van der Waals surface area contributed by atoms with Crippen molar-refractivity contribution >= 4 is 5.97 Å². The van der Waals surface area contributed by atoms with Crippen LogP contribution in [0.25, 0.3) is 0 Å². The number of aliphatic hydroxyl groups is 9. The summed E-state index contributed by atoms with van der Waals surface area (Å²) in [6, 6.07) is 0. The molecule has 5 aliphatic carbocycles. The molecule has 8 rings (SSSR count). The first-order valence-corrected chi connectivity index (χ1v) is 23.7. The van der Waals surface area contributed by atoms with Crippen LogP contribution in [0.15, 0.2) is 11.6 Å². The van der Waals surface area contributed by atoms with Crippen molar-refractivity contribution in [2.75, 3.05) is 19.8 Å². The molecule has 8 aliphatic rings. The Morgan fingerprint density at radius 3 is 2.11 bits per heavy atom. The minimum absolute atomic E-state index is 0.00962. The molecule has 0 aromatic rings. The van der Waals surface area contributed by atoms with E-state index in [0.717, 1.165) is 44.9 Å². The second-order valence-electron chi connectivity index (χ2n) is 22.9. The van der Waals surface area contributed by atoms with E-state index in [9.17, 15) is 55.9 Å². The van der Waals surface area contributed by atoms with E-state index >= 15 is 0 Å². The summed E-state index contributed by atoms with van der Waals surface area (Å²) in [5.74, 6) is -0.442. The summed E-state index contributed by atoms with van der Waals surface area (Å²) in [5, 5.41) is 109. The molecule has 3 heterocycles. The number of fused-ring (bicyclic) bond motifs is 7. The molecule has 0 amide bonds. The minimum Gasteiger partial charge on any atom is -0.481 e. The lowest BCUT2D eigenvalue weighted by Gasteiger charge is -2.71. The lowest BCUT2D eigenvalue weighted by Crippen LogP contribution is -2.67. The van der Waals surface area contributed by atoms with Gasteiger partial charge in [0.25, 0.3) is 0 Å². The Labute approximate surface area is 376 Å². The predicted molar refractivity (Wildman–Crippen MR) is 225 cm³/mol. The van der Waals surface area contributed by atoms with Crippen molar-refractivity contribution in [1.82, 2.24) is 0 Å². The topological polar surface area (TPSA) is 275 Å². The van der Waals surface area contributed by atoms with Crippen LogP contribution in [0.5, 0.6) is 0 Å². The lowest BCUT2D eigenvalue weighted by molar-refractivity contribution is -0.382. The van der Waals surface area contributed by atoms with Crippen LogP contribution < -0.4 is 0 Å². The molecule has 23 atom stereocenters. The van der Waals surface area contributed by atoms with Crippen LogP contribution in [0.3, 0.4) is 0 Å². The fourth-order valence-corrected chi connectivity index (χ4v) is 14.7. The Balaban J connectivity index is 1.02. The van der Waals surface area contributed by atoms with Crippen molar-refractivity contribution in [1.29, 1.82) is 0 Å². The van der Waals surface area contributed by atoms with E-state index in [1.165, 1.54) is 12.5 Å². The van der Waals surface area contributed by atoms with Gasteiger partial charge in [0.1, 0.15) is 61.0 Å². The number of aliphatic hydroxyl groups excluding tert-OH is 9. The first kappa shape index (κ1) is 49.0. The summed E-state index contributed by atoms with van der Waals surface area (Å²) in [4.78, 5) is 13.1. The molecule has 3 aliphatic heterocycles. The van der Waals surface area contributed by atoms with Gasteiger partial charge in [0, 0.05) is 5.41 Å². The van der Waals surface area contributed by atoms with Gasteiger partial charge in [-0.05, 0) is 111 Å². The lowest BCUT2D eigenvalue weighted by atomic mass is 9.33. The van der Waals surface area contributed by atoms with Gasteiger partial charge in [-0.3, -0.25) is 4.79 Å². The van der Waals surface area contributed by atoms with Crippen molar-refractivity contribution in [3.63, 3.8) is 0 Å². The van der Waals surface area contributed by atoms with Crippen molar-refractivity contribution in [3.05, 3.63) is 11.6 Å². The van der Waals surface area contributed by atoms with E-state index in [0.29, 0.717) is 19.3 Å². The van der Waals surface area contributed by atoms with Crippen molar-refractivity contribution in [2.45, 2.75) is 205 Å². The smallest absolute Gasteiger partial charge is 0.310 e. The maximum absolute atomic E-state index is 13.1. The van der Waals surface area contributed by atoms with Crippen LogP contribution in [0.1, 0.15) is 113 Å². The predicted octanol–water partition coefficient (Wildman–Crippen LogP) is 1.35. The largest absolute Gasteiger partial charge is 0.481 e. The summed E-state index contributed by atoms with van der Waals surface area (Å²) < 4.78 is 35.6. The summed E-state index contributed by atoms with van der Waals surface area (Å²) >= 11 is 0. The average molecular weight is 913 g/mol. The SMILES string of the molecule is C[C@@H]1O[C@@H](O[C@@H]2[C@@H](O)[C@H](OC[C@]3(C)C(O)CCC4(C)C5CC=C6C7CC(C)(C)CCC7(C(=O)O)CC[C@@]6(C)C5(C)CCC43)O[C@H](CO)[C@H]2O)[C@H](O[C@@H]2OC[C@H](O)[C@H](O)[C@H]2O)[C@H](O)[C@@H]1O. The Kier molecular flexibility index (Phi) is 13.2. The zero-order valence-electron chi connectivity index (χ0n) is 38.5. The molecule has 64 heavy (non-hydrogen) atoms. The van der Waals surface area contributed by atoms with Gasteiger partial charge in [0.15, 0.2) is 18.9 Å². The molecule has 7 unspecified atom stereocenters. The van der Waals surface area contributed by atoms with Crippen LogP contribution in [-0.2, 0) is 33.2 Å². The fraction of sp³-hybridized carbons (Fsp3) is 0.936. The quantitative estimate of drug-likeness (QED) is 0.146. The number of aliphatic carboxylic acids is 1. The van der Waals surface area contributed by atoms with E-state index in [1.807, 2.05) is 6.92 Å². The maximum atomic E-state index is 13.1. The molecule has 3 saturated heterocycles. The number of carbonyl (C=O) groups is 1. The highest BCUT2D eigenvalue weighted by molar-refractivity contribution is 5.76. The summed E-state index contributed by atoms with van der Waals surface area (Å²) in [6.45, 7) is 14.1. The molecule has 0 bridgehead atoms. The van der Waals surface area contributed by atoms with Gasteiger partial charge in [-0.15, -0.1) is 0 Å². The fourth-order valence-electron chi connectivity index (χ4n) is 14.7. The van der Waals surface area contributed by atoms with Crippen LogP contribution in [0, 0.1) is 50.2 Å². The van der Waals surface area contributed by atoms with E-state index in [-0.39, 0.29) is 46.0 Å². The second-order valence-corrected chi connectivity index (χ2v) is 22.9. The number of allylic oxidation sites excluding steroid dienone is 2. The number of hydrogen-bond donors (Lipinski definition) is 10. The normalized spacial score (nSPS) is 55.0. The van der Waals surface area contributed by atoms with Gasteiger partial charge >= 0.3 is 5.97 Å². The zero-order chi connectivity index (χ0) is 46.7. The van der Waals surface area contributed by atoms with Crippen LogP contribution >= 0.6 is 0 Å². The number of carboxylic acid groups (broad SMARTS) is 1. The van der Waals surface area contributed by atoms with Gasteiger partial charge in [0.05, 0.1) is 37.4 Å².